The van der Waals surface area contributed by atoms with Crippen molar-refractivity contribution < 1.29 is 17.9 Å². The van der Waals surface area contributed by atoms with E-state index in [9.17, 15) is 13.2 Å². The Bertz CT molecular complexity index is 553. The summed E-state index contributed by atoms with van der Waals surface area (Å²) >= 11 is 0. The number of anilines is 2. The van der Waals surface area contributed by atoms with Crippen molar-refractivity contribution in [3.05, 3.63) is 48.2 Å². The lowest BCUT2D eigenvalue weighted by molar-refractivity contribution is -0.274. The molecule has 1 aromatic heterocycles. The molecule has 0 aliphatic rings. The summed E-state index contributed by atoms with van der Waals surface area (Å²) in [5.74, 6) is 0.405. The SMILES string of the molecule is Cc1cccnc1Nc1ccc(OC(F)(F)F)cc1. The highest BCUT2D eigenvalue weighted by Gasteiger charge is 2.30. The minimum atomic E-state index is -4.67. The van der Waals surface area contributed by atoms with Gasteiger partial charge in [-0.05, 0) is 42.8 Å². The van der Waals surface area contributed by atoms with Gasteiger partial charge in [-0.1, -0.05) is 6.07 Å². The number of rotatable bonds is 3. The van der Waals surface area contributed by atoms with E-state index < -0.39 is 6.36 Å². The van der Waals surface area contributed by atoms with Gasteiger partial charge < -0.3 is 10.1 Å². The molecule has 0 unspecified atom stereocenters. The van der Waals surface area contributed by atoms with E-state index >= 15 is 0 Å². The first-order valence-electron chi connectivity index (χ1n) is 5.48. The Kier molecular flexibility index (Phi) is 3.59. The number of aryl methyl sites for hydroxylation is 1. The summed E-state index contributed by atoms with van der Waals surface area (Å²) in [6.45, 7) is 1.89. The standard InChI is InChI=1S/C13H11F3N2O/c1-9-3-2-8-17-12(9)18-10-4-6-11(7-5-10)19-13(14,15)16/h2-8H,1H3,(H,17,18). The molecule has 2 rings (SSSR count). The highest BCUT2D eigenvalue weighted by molar-refractivity contribution is 5.59. The quantitative estimate of drug-likeness (QED) is 0.912. The van der Waals surface area contributed by atoms with Crippen LogP contribution in [-0.4, -0.2) is 11.3 Å². The van der Waals surface area contributed by atoms with Gasteiger partial charge in [0.25, 0.3) is 0 Å². The average molecular weight is 268 g/mol. The predicted octanol–water partition coefficient (Wildman–Crippen LogP) is 4.03. The number of alkyl halides is 3. The van der Waals surface area contributed by atoms with Crippen LogP contribution in [-0.2, 0) is 0 Å². The largest absolute Gasteiger partial charge is 0.573 e. The number of ether oxygens (including phenoxy) is 1. The zero-order valence-corrected chi connectivity index (χ0v) is 10.0. The zero-order chi connectivity index (χ0) is 13.9. The van der Waals surface area contributed by atoms with E-state index in [1.165, 1.54) is 24.3 Å². The van der Waals surface area contributed by atoms with Crippen molar-refractivity contribution in [1.29, 1.82) is 0 Å². The van der Waals surface area contributed by atoms with Crippen molar-refractivity contribution in [2.75, 3.05) is 5.32 Å². The van der Waals surface area contributed by atoms with Gasteiger partial charge in [0.1, 0.15) is 11.6 Å². The molecule has 0 atom stereocenters. The van der Waals surface area contributed by atoms with Crippen LogP contribution in [0, 0.1) is 6.92 Å². The molecule has 6 heteroatoms. The Labute approximate surface area is 108 Å². The molecule has 0 saturated heterocycles. The summed E-state index contributed by atoms with van der Waals surface area (Å²) in [5, 5.41) is 3.01. The molecule has 0 aliphatic heterocycles. The Morgan fingerprint density at radius 2 is 1.79 bits per heavy atom. The topological polar surface area (TPSA) is 34.2 Å². The number of pyridine rings is 1. The van der Waals surface area contributed by atoms with E-state index in [1.807, 2.05) is 13.0 Å². The van der Waals surface area contributed by atoms with Gasteiger partial charge in [0.15, 0.2) is 0 Å². The van der Waals surface area contributed by atoms with E-state index in [0.29, 0.717) is 11.5 Å². The Morgan fingerprint density at radius 1 is 1.11 bits per heavy atom. The highest BCUT2D eigenvalue weighted by Crippen LogP contribution is 2.25. The first-order valence-corrected chi connectivity index (χ1v) is 5.48. The lowest BCUT2D eigenvalue weighted by Crippen LogP contribution is -2.16. The molecule has 1 aromatic carbocycles. The van der Waals surface area contributed by atoms with Crippen LogP contribution in [0.3, 0.4) is 0 Å². The number of hydrogen-bond acceptors (Lipinski definition) is 3. The number of benzene rings is 1. The van der Waals surface area contributed by atoms with Crippen molar-refractivity contribution in [3.63, 3.8) is 0 Å². The molecule has 100 valence electrons. The van der Waals surface area contributed by atoms with E-state index in [-0.39, 0.29) is 5.75 Å². The summed E-state index contributed by atoms with van der Waals surface area (Å²) in [6.07, 6.45) is -3.04. The summed E-state index contributed by atoms with van der Waals surface area (Å²) in [4.78, 5) is 4.13. The van der Waals surface area contributed by atoms with Crippen LogP contribution < -0.4 is 10.1 Å². The van der Waals surface area contributed by atoms with Crippen LogP contribution in [0.5, 0.6) is 5.75 Å². The Balaban J connectivity index is 2.09. The third kappa shape index (κ3) is 3.87. The van der Waals surface area contributed by atoms with Gasteiger partial charge in [-0.2, -0.15) is 0 Å². The lowest BCUT2D eigenvalue weighted by Gasteiger charge is -2.11. The fourth-order valence-electron chi connectivity index (χ4n) is 1.49. The Hall–Kier alpha value is -2.24. The number of nitrogens with one attached hydrogen (secondary N) is 1. The van der Waals surface area contributed by atoms with Crippen LogP contribution in [0.2, 0.25) is 0 Å². The van der Waals surface area contributed by atoms with Crippen LogP contribution in [0.15, 0.2) is 42.6 Å². The van der Waals surface area contributed by atoms with Gasteiger partial charge in [0, 0.05) is 11.9 Å². The van der Waals surface area contributed by atoms with Crippen molar-refractivity contribution in [2.24, 2.45) is 0 Å². The smallest absolute Gasteiger partial charge is 0.406 e. The first kappa shape index (κ1) is 13.2. The van der Waals surface area contributed by atoms with Gasteiger partial charge in [-0.15, -0.1) is 13.2 Å². The molecule has 0 saturated carbocycles. The maximum Gasteiger partial charge on any atom is 0.573 e. The van der Waals surface area contributed by atoms with Gasteiger partial charge in [0.05, 0.1) is 0 Å². The zero-order valence-electron chi connectivity index (χ0n) is 10.0. The fourth-order valence-corrected chi connectivity index (χ4v) is 1.49. The van der Waals surface area contributed by atoms with Crippen LogP contribution >= 0.6 is 0 Å². The first-order chi connectivity index (χ1) is 8.94. The molecule has 0 bridgehead atoms. The molecule has 1 heterocycles. The third-order valence-corrected chi connectivity index (χ3v) is 2.36. The van der Waals surface area contributed by atoms with E-state index in [4.69, 9.17) is 0 Å². The summed E-state index contributed by atoms with van der Waals surface area (Å²) < 4.78 is 39.8. The van der Waals surface area contributed by atoms with E-state index in [1.54, 1.807) is 12.3 Å². The molecule has 2 aromatic rings. The normalized spacial score (nSPS) is 11.2. The van der Waals surface area contributed by atoms with Crippen LogP contribution in [0.1, 0.15) is 5.56 Å². The van der Waals surface area contributed by atoms with E-state index in [0.717, 1.165) is 5.56 Å². The minimum absolute atomic E-state index is 0.254. The van der Waals surface area contributed by atoms with Crippen LogP contribution in [0.4, 0.5) is 24.7 Å². The van der Waals surface area contributed by atoms with Crippen molar-refractivity contribution >= 4 is 11.5 Å². The molecule has 3 nitrogen and oxygen atoms in total. The van der Waals surface area contributed by atoms with Gasteiger partial charge in [0.2, 0.25) is 0 Å². The molecular weight excluding hydrogens is 257 g/mol. The number of nitrogens with zero attached hydrogens (tertiary/aromatic N) is 1. The maximum atomic E-state index is 12.0. The molecule has 0 aliphatic carbocycles. The fraction of sp³-hybridized carbons (Fsp3) is 0.154. The summed E-state index contributed by atoms with van der Waals surface area (Å²) in [6, 6.07) is 9.17. The van der Waals surface area contributed by atoms with Gasteiger partial charge >= 0.3 is 6.36 Å². The second-order valence-electron chi connectivity index (χ2n) is 3.87. The molecule has 0 radical (unpaired) electrons. The van der Waals surface area contributed by atoms with Crippen molar-refractivity contribution in [1.82, 2.24) is 4.98 Å². The van der Waals surface area contributed by atoms with Crippen molar-refractivity contribution in [2.45, 2.75) is 13.3 Å². The average Bonchev–Trinajstić information content (AvgIpc) is 2.33. The predicted molar refractivity (Wildman–Crippen MR) is 65.4 cm³/mol. The molecular formula is C13H11F3N2O. The van der Waals surface area contributed by atoms with Gasteiger partial charge in [-0.25, -0.2) is 4.98 Å². The molecule has 0 amide bonds. The number of aromatic nitrogens is 1. The highest BCUT2D eigenvalue weighted by atomic mass is 19.4. The van der Waals surface area contributed by atoms with E-state index in [2.05, 4.69) is 15.0 Å². The molecule has 0 spiro atoms. The second kappa shape index (κ2) is 5.17. The second-order valence-corrected chi connectivity index (χ2v) is 3.87. The molecule has 1 N–H and O–H groups in total. The lowest BCUT2D eigenvalue weighted by atomic mass is 10.2. The Morgan fingerprint density at radius 3 is 2.37 bits per heavy atom. The third-order valence-electron chi connectivity index (χ3n) is 2.36. The monoisotopic (exact) mass is 268 g/mol. The molecule has 19 heavy (non-hydrogen) atoms. The number of hydrogen-bond donors (Lipinski definition) is 1. The number of halogens is 3. The van der Waals surface area contributed by atoms with Crippen molar-refractivity contribution in [3.8, 4) is 5.75 Å². The summed E-state index contributed by atoms with van der Waals surface area (Å²) in [7, 11) is 0. The van der Waals surface area contributed by atoms with Crippen LogP contribution in [0.25, 0.3) is 0 Å². The molecule has 0 fully saturated rings. The summed E-state index contributed by atoms with van der Waals surface area (Å²) in [5.41, 5.74) is 1.58. The van der Waals surface area contributed by atoms with Gasteiger partial charge in [-0.3, -0.25) is 0 Å². The minimum Gasteiger partial charge on any atom is -0.406 e. The maximum absolute atomic E-state index is 12.0.